The van der Waals surface area contributed by atoms with Gasteiger partial charge >= 0.3 is 17.2 Å². The number of thioether (sulfide) groups is 1. The number of aliphatic imine (C=N–C) groups is 1. The van der Waals surface area contributed by atoms with Gasteiger partial charge in [-0.1, -0.05) is 39.9 Å². The van der Waals surface area contributed by atoms with Gasteiger partial charge in [0.1, 0.15) is 45.9 Å². The molecule has 3 aromatic heterocycles. The predicted molar refractivity (Wildman–Crippen MR) is 524 cm³/mol. The lowest BCUT2D eigenvalue weighted by atomic mass is 10.1. The number of aliphatic hydroxyl groups excluding tert-OH is 2. The summed E-state index contributed by atoms with van der Waals surface area (Å²) < 4.78 is 53.1. The number of nitrogens with zero attached hydrogens (tertiary/aromatic N) is 27. The molecule has 3 aliphatic rings. The Balaban J connectivity index is 0.573. The van der Waals surface area contributed by atoms with E-state index in [4.69, 9.17) is 14.5 Å². The number of likely N-dealkylation sites (tertiary alicyclic amines) is 1. The molecule has 11 aromatic rings. The van der Waals surface area contributed by atoms with Gasteiger partial charge in [0.2, 0.25) is 0 Å². The van der Waals surface area contributed by atoms with Gasteiger partial charge in [-0.3, -0.25) is 38.8 Å². The SMILES string of the molecule is CCN(CC)c1ccc2nc3ccc(=[N+]=Nc4ccc(N(C)CCn5cc(CN=C(O)CSCCC(O)=[NH+]CCN(CCOCc6cn(CCN(CCn7cc(C[N+]8(CCCS(=O)(=O)O)CCCCC8)nn7)c7ccc(N=Nc8cc(C)c(N=Nc9ccc(C)cc9[N+](=O)[O-])cc8OC)cc7)nn6)c6ccc(N=Nc7cc(C(=O)O)cc([N+](=O)[O-])c7)cc6)nn5)cc4)cc-3n(-c3ccccc3)c2c1. The van der Waals surface area contributed by atoms with E-state index in [9.17, 15) is 53.3 Å². The number of carboxylic acids is 1. The number of likely N-dealkylation sites (N-methyl/N-ethyl adjacent to an activating group) is 1. The van der Waals surface area contributed by atoms with Gasteiger partial charge in [0.15, 0.2) is 18.1 Å². The van der Waals surface area contributed by atoms with Crippen LogP contribution in [-0.2, 0) is 54.2 Å². The largest absolute Gasteiger partial charge is 0.496 e. The molecular formula is C95H109N28O13S2+3. The summed E-state index contributed by atoms with van der Waals surface area (Å²) in [6.45, 7) is 17.1. The fourth-order valence-electron chi connectivity index (χ4n) is 16.0. The number of nitro groups is 2. The highest BCUT2D eigenvalue weighted by atomic mass is 32.2. The maximum atomic E-state index is 11.8. The number of hydrogen-bond donors (Lipinski definition) is 5. The highest BCUT2D eigenvalue weighted by Gasteiger charge is 2.32. The number of methoxy groups -OCH3 is 1. The number of rotatable bonds is 48. The molecule has 716 valence electrons. The van der Waals surface area contributed by atoms with Crippen LogP contribution in [0.4, 0.5) is 73.9 Å². The molecule has 1 aliphatic carbocycles. The van der Waals surface area contributed by atoms with Crippen LogP contribution in [0.15, 0.2) is 247 Å². The van der Waals surface area contributed by atoms with Gasteiger partial charge in [0.25, 0.3) is 21.5 Å². The van der Waals surface area contributed by atoms with E-state index >= 15 is 0 Å². The first-order valence-corrected chi connectivity index (χ1v) is 47.9. The van der Waals surface area contributed by atoms with Crippen molar-refractivity contribution in [3.63, 3.8) is 0 Å². The number of aliphatic hydroxyl groups is 2. The van der Waals surface area contributed by atoms with Gasteiger partial charge < -0.3 is 53.4 Å². The Morgan fingerprint density at radius 1 is 0.630 bits per heavy atom. The zero-order valence-electron chi connectivity index (χ0n) is 77.4. The first-order valence-electron chi connectivity index (χ1n) is 45.2. The van der Waals surface area contributed by atoms with E-state index in [1.165, 1.54) is 31.0 Å². The second-order valence-corrected chi connectivity index (χ2v) is 35.8. The minimum atomic E-state index is -4.11. The number of carboxylic acid groups (broad SMARTS) is 1. The van der Waals surface area contributed by atoms with Crippen LogP contribution in [0.3, 0.4) is 0 Å². The lowest BCUT2D eigenvalue weighted by Crippen LogP contribution is -2.75. The van der Waals surface area contributed by atoms with Gasteiger partial charge in [-0.15, -0.1) is 30.6 Å². The van der Waals surface area contributed by atoms with Crippen molar-refractivity contribution in [1.29, 1.82) is 0 Å². The molecule has 5 N–H and O–H groups in total. The number of ether oxygens (including phenoxy) is 2. The third-order valence-electron chi connectivity index (χ3n) is 23.3. The molecule has 0 bridgehead atoms. The molecule has 0 spiro atoms. The fourth-order valence-corrected chi connectivity index (χ4v) is 17.2. The van der Waals surface area contributed by atoms with E-state index in [0.717, 1.165) is 114 Å². The molecule has 0 atom stereocenters. The number of azo groups is 3. The first-order chi connectivity index (χ1) is 66.8. The van der Waals surface area contributed by atoms with Gasteiger partial charge in [-0.25, -0.2) is 19.8 Å². The lowest BCUT2D eigenvalue weighted by Gasteiger charge is -2.41. The maximum Gasteiger partial charge on any atom is 0.367 e. The molecule has 1 saturated heterocycles. The third kappa shape index (κ3) is 27.7. The first kappa shape index (κ1) is 98.7. The van der Waals surface area contributed by atoms with Crippen molar-refractivity contribution in [3.8, 4) is 22.8 Å². The standard InChI is InChI=1S/C95H106N28O13S2/c1-7-114(8-2)82-32-35-85-90(58-82)120(81-16-11-9-12-17-81)89-57-73(25-34-84(89)98-85)102-99-70-19-26-78(27-20-70)113(5)39-42-117-61-75(104-110-117)60-97-94(125)66-137-50-36-93(124)96-37-38-115(79-28-21-71(22-29-79)100-103-74-54-69(95(126)127)55-83(56-74)121(128)129)45-49-136-65-77-63-119(112-106-77)44-41-116(40-43-118-62-76(105-111-118)64-123(46-13-10-14-47-123)48-15-51-138(132,133)134)80-30-23-72(24-31-80)101-109-88-53-68(4)87(59-92(88)135-6)108-107-86-33-18-67(3)52-91(86)122(130)131/h9,11-12,16-35,52-59,61-63H,7-8,10,13-15,36-51,60,64-66H2,1-6H3,(H2-2,96,97,124,125,126,127,132,133,134)/p+3. The van der Waals surface area contributed by atoms with Gasteiger partial charge in [-0.2, -0.15) is 35.5 Å². The molecule has 0 unspecified atom stereocenters. The number of benzene rings is 9. The summed E-state index contributed by atoms with van der Waals surface area (Å²) in [6, 6.07) is 56.5. The molecule has 1 fully saturated rings. The van der Waals surface area contributed by atoms with E-state index in [1.54, 1.807) is 63.6 Å². The molecule has 41 nitrogen and oxygen atoms in total. The molecule has 8 aromatic carbocycles. The van der Waals surface area contributed by atoms with Crippen LogP contribution < -0.4 is 34.7 Å². The summed E-state index contributed by atoms with van der Waals surface area (Å²) in [6.07, 6.45) is 9.26. The van der Waals surface area contributed by atoms with Crippen molar-refractivity contribution < 1.29 is 66.7 Å². The quantitative estimate of drug-likeness (QED) is 0.00226. The Hall–Kier alpha value is -15.3. The third-order valence-corrected chi connectivity index (χ3v) is 25.1. The van der Waals surface area contributed by atoms with Crippen molar-refractivity contribution in [3.05, 3.63) is 266 Å². The van der Waals surface area contributed by atoms with Crippen molar-refractivity contribution in [2.45, 2.75) is 99.1 Å². The predicted octanol–water partition coefficient (Wildman–Crippen LogP) is 15.5. The summed E-state index contributed by atoms with van der Waals surface area (Å²) in [4.78, 5) is 59.9. The molecular weight excluding hydrogens is 1810 g/mol. The molecule has 5 heterocycles. The summed E-state index contributed by atoms with van der Waals surface area (Å²) in [5.74, 6) is -0.671. The molecule has 0 radical (unpaired) electrons. The maximum absolute atomic E-state index is 11.8. The Bertz CT molecular complexity index is 6720. The fraction of sp³-hybridized carbons (Fsp3) is 0.337. The Labute approximate surface area is 799 Å². The Kier molecular flexibility index (Phi) is 33.8. The van der Waals surface area contributed by atoms with E-state index in [1.807, 2.05) is 128 Å². The molecule has 14 rings (SSSR count). The monoisotopic (exact) mass is 1910 g/mol. The van der Waals surface area contributed by atoms with E-state index < -0.39 is 31.6 Å². The average Bonchev–Trinajstić information content (AvgIpc) is 0.829. The van der Waals surface area contributed by atoms with Crippen molar-refractivity contribution in [2.75, 3.05) is 130 Å². The molecule has 2 aliphatic heterocycles. The number of nitro benzene ring substituents is 2. The van der Waals surface area contributed by atoms with Crippen LogP contribution in [0.2, 0.25) is 0 Å². The van der Waals surface area contributed by atoms with Crippen LogP contribution in [0, 0.1) is 34.1 Å². The van der Waals surface area contributed by atoms with E-state index in [-0.39, 0.29) is 72.1 Å². The summed E-state index contributed by atoms with van der Waals surface area (Å²) in [5, 5.41) is 113. The van der Waals surface area contributed by atoms with Crippen molar-refractivity contribution in [1.82, 2.24) is 54.5 Å². The minimum Gasteiger partial charge on any atom is -0.496 e. The number of piperidine rings is 1. The van der Waals surface area contributed by atoms with E-state index in [0.29, 0.717) is 151 Å². The number of fused-ring (bicyclic) bond motifs is 2. The number of carbonyl (C=O) groups is 1. The number of aryl methyl sites for hydroxylation is 2. The van der Waals surface area contributed by atoms with Crippen LogP contribution in [0.25, 0.3) is 28.1 Å². The van der Waals surface area contributed by atoms with Crippen molar-refractivity contribution >= 4 is 125 Å². The number of anilines is 4. The Morgan fingerprint density at radius 2 is 1.26 bits per heavy atom. The average molecular weight is 1920 g/mol. The van der Waals surface area contributed by atoms with Gasteiger partial charge in [-0.05, 0) is 185 Å². The van der Waals surface area contributed by atoms with Gasteiger partial charge in [0, 0.05) is 117 Å². The summed E-state index contributed by atoms with van der Waals surface area (Å²) in [5.41, 5.74) is 13.4. The smallest absolute Gasteiger partial charge is 0.367 e. The number of quaternary nitrogens is 1. The summed E-state index contributed by atoms with van der Waals surface area (Å²) >= 11 is 1.40. The molecule has 138 heavy (non-hydrogen) atoms. The number of nitrogens with one attached hydrogen (secondary N) is 1. The number of hydrogen-bond acceptors (Lipinski definition) is 29. The number of aromatic nitrogens is 11. The zero-order chi connectivity index (χ0) is 97.1. The molecule has 0 amide bonds. The second-order valence-electron chi connectivity index (χ2n) is 33.2. The number of para-hydroxylation sites is 1. The second kappa shape index (κ2) is 47.3. The topological polar surface area (TPSA) is 487 Å². The summed E-state index contributed by atoms with van der Waals surface area (Å²) in [7, 11) is -0.616. The number of aromatic carboxylic acids is 1. The highest BCUT2D eigenvalue weighted by Crippen LogP contribution is 2.39. The minimum absolute atomic E-state index is 0.0190. The van der Waals surface area contributed by atoms with E-state index in [2.05, 4.69) is 145 Å². The molecule has 0 saturated carbocycles. The van der Waals surface area contributed by atoms with Crippen LogP contribution in [0.5, 0.6) is 5.75 Å². The molecule has 43 heteroatoms. The lowest BCUT2D eigenvalue weighted by molar-refractivity contribution is -0.945. The highest BCUT2D eigenvalue weighted by molar-refractivity contribution is 7.99. The number of non-ortho nitro benzene ring substituents is 1. The van der Waals surface area contributed by atoms with Crippen LogP contribution in [0.1, 0.15) is 84.5 Å². The Morgan fingerprint density at radius 3 is 1.94 bits per heavy atom. The van der Waals surface area contributed by atoms with Crippen LogP contribution in [-0.4, -0.2) is 230 Å². The van der Waals surface area contributed by atoms with Crippen molar-refractivity contribution in [2.24, 2.45) is 40.8 Å². The van der Waals surface area contributed by atoms with Gasteiger partial charge in [0.05, 0.1) is 181 Å². The van der Waals surface area contributed by atoms with Crippen LogP contribution >= 0.6 is 11.8 Å². The normalized spacial score (nSPS) is 13.0. The zero-order valence-corrected chi connectivity index (χ0v) is 79.0.